The fraction of sp³-hybridized carbons (Fsp3) is 0.538. The van der Waals surface area contributed by atoms with Crippen LogP contribution in [-0.2, 0) is 10.9 Å². The predicted molar refractivity (Wildman–Crippen MR) is 74.7 cm³/mol. The van der Waals surface area contributed by atoms with Gasteiger partial charge in [0.1, 0.15) is 11.4 Å². The van der Waals surface area contributed by atoms with E-state index in [1.165, 1.54) is 4.90 Å². The summed E-state index contributed by atoms with van der Waals surface area (Å²) in [4.78, 5) is 16.5. The van der Waals surface area contributed by atoms with E-state index in [-0.39, 0.29) is 24.5 Å². The van der Waals surface area contributed by atoms with E-state index in [0.29, 0.717) is 0 Å². The highest BCUT2D eigenvalue weighted by Crippen LogP contribution is 2.38. The summed E-state index contributed by atoms with van der Waals surface area (Å²) in [6.45, 7) is -0.411. The molecule has 0 spiro atoms. The molecule has 1 aliphatic rings. The van der Waals surface area contributed by atoms with Crippen LogP contribution in [0.25, 0.3) is 0 Å². The maximum absolute atomic E-state index is 13.2. The van der Waals surface area contributed by atoms with Crippen molar-refractivity contribution in [3.8, 4) is 0 Å². The fourth-order valence-corrected chi connectivity index (χ4v) is 2.77. The number of piperidine rings is 1. The van der Waals surface area contributed by atoms with Crippen molar-refractivity contribution in [3.63, 3.8) is 0 Å². The topological polar surface area (TPSA) is 42.4 Å². The lowest BCUT2D eigenvalue weighted by molar-refractivity contribution is -0.141. The number of hydrogen-bond donors (Lipinski definition) is 0. The Morgan fingerprint density at radius 3 is 2.39 bits per heavy atom. The molecule has 0 atom stereocenters. The van der Waals surface area contributed by atoms with Crippen LogP contribution in [0.5, 0.6) is 0 Å². The number of hydrogen-bond acceptors (Lipinski definition) is 4. The number of alkyl halides is 5. The number of rotatable bonds is 2. The van der Waals surface area contributed by atoms with Crippen molar-refractivity contribution in [2.24, 2.45) is 0 Å². The quantitative estimate of drug-likeness (QED) is 0.556. The van der Waals surface area contributed by atoms with Gasteiger partial charge in [0.05, 0.1) is 7.11 Å². The second-order valence-corrected chi connectivity index (χ2v) is 5.88. The number of nitrogens with zero attached hydrogens (tertiary/aromatic N) is 2. The Kier molecular flexibility index (Phi) is 4.84. The van der Waals surface area contributed by atoms with Crippen LogP contribution in [0.2, 0.25) is 0 Å². The summed E-state index contributed by atoms with van der Waals surface area (Å²) in [5.74, 6) is -4.06. The number of carbonyl (C=O) groups excluding carboxylic acids is 1. The number of esters is 1. The zero-order valence-electron chi connectivity index (χ0n) is 11.9. The normalized spacial score (nSPS) is 18.0. The first-order chi connectivity index (χ1) is 10.5. The third kappa shape index (κ3) is 3.91. The van der Waals surface area contributed by atoms with E-state index in [1.807, 2.05) is 0 Å². The number of halogens is 6. The highest BCUT2D eigenvalue weighted by atomic mass is 79.9. The monoisotopic (exact) mass is 402 g/mol. The van der Waals surface area contributed by atoms with Gasteiger partial charge in [-0.25, -0.2) is 18.6 Å². The van der Waals surface area contributed by atoms with Crippen LogP contribution in [-0.4, -0.2) is 37.1 Å². The molecule has 1 aromatic rings. The first-order valence-electron chi connectivity index (χ1n) is 6.54. The lowest BCUT2D eigenvalue weighted by atomic mass is 10.1. The molecule has 2 rings (SSSR count). The molecule has 0 aliphatic carbocycles. The molecule has 1 aliphatic heterocycles. The van der Waals surface area contributed by atoms with Gasteiger partial charge in [-0.05, 0) is 22.0 Å². The zero-order chi connectivity index (χ0) is 17.4. The van der Waals surface area contributed by atoms with Gasteiger partial charge in [0.15, 0.2) is 5.69 Å². The Hall–Kier alpha value is -1.45. The maximum atomic E-state index is 13.2. The van der Waals surface area contributed by atoms with E-state index in [4.69, 9.17) is 0 Å². The number of methoxy groups -OCH3 is 1. The molecular weight excluding hydrogens is 391 g/mol. The maximum Gasteiger partial charge on any atom is 0.434 e. The molecular formula is C13H12BrF5N2O2. The number of aromatic nitrogens is 1. The van der Waals surface area contributed by atoms with Crippen LogP contribution in [0.15, 0.2) is 10.5 Å². The largest absolute Gasteiger partial charge is 0.465 e. The molecule has 10 heteroatoms. The van der Waals surface area contributed by atoms with Crippen LogP contribution in [0, 0.1) is 0 Å². The standard InChI is InChI=1S/C13H12BrF5N2O2/c1-23-11(22)7-6-8(14)9(13(17,18)19)20-10(7)21-4-2-12(15,16)3-5-21/h6H,2-5H2,1H3. The van der Waals surface area contributed by atoms with Crippen LogP contribution < -0.4 is 4.90 Å². The summed E-state index contributed by atoms with van der Waals surface area (Å²) in [6.07, 6.45) is -5.79. The Morgan fingerprint density at radius 2 is 1.91 bits per heavy atom. The molecule has 0 saturated carbocycles. The molecule has 2 heterocycles. The molecule has 128 valence electrons. The van der Waals surface area contributed by atoms with Crippen molar-refractivity contribution in [1.82, 2.24) is 4.98 Å². The van der Waals surface area contributed by atoms with Crippen molar-refractivity contribution in [2.75, 3.05) is 25.1 Å². The molecule has 1 aromatic heterocycles. The number of carbonyl (C=O) groups is 1. The van der Waals surface area contributed by atoms with Gasteiger partial charge >= 0.3 is 12.1 Å². The molecule has 1 saturated heterocycles. The lowest BCUT2D eigenvalue weighted by Gasteiger charge is -2.33. The molecule has 1 fully saturated rings. The molecule has 4 nitrogen and oxygen atoms in total. The minimum atomic E-state index is -4.75. The van der Waals surface area contributed by atoms with Gasteiger partial charge in [-0.3, -0.25) is 0 Å². The third-order valence-corrected chi connectivity index (χ3v) is 4.03. The van der Waals surface area contributed by atoms with E-state index < -0.39 is 41.1 Å². The van der Waals surface area contributed by atoms with Crippen molar-refractivity contribution >= 4 is 27.7 Å². The summed E-state index contributed by atoms with van der Waals surface area (Å²) < 4.78 is 69.5. The molecule has 0 N–H and O–H groups in total. The number of ether oxygens (including phenoxy) is 1. The van der Waals surface area contributed by atoms with Crippen LogP contribution >= 0.6 is 15.9 Å². The number of pyridine rings is 1. The Balaban J connectivity index is 2.48. The Morgan fingerprint density at radius 1 is 1.35 bits per heavy atom. The summed E-state index contributed by atoms with van der Waals surface area (Å²) in [5.41, 5.74) is -1.44. The minimum Gasteiger partial charge on any atom is -0.465 e. The first-order valence-corrected chi connectivity index (χ1v) is 7.33. The smallest absolute Gasteiger partial charge is 0.434 e. The van der Waals surface area contributed by atoms with Gasteiger partial charge in [-0.2, -0.15) is 13.2 Å². The van der Waals surface area contributed by atoms with Gasteiger partial charge in [0.25, 0.3) is 5.92 Å². The van der Waals surface area contributed by atoms with Gasteiger partial charge in [0.2, 0.25) is 0 Å². The minimum absolute atomic E-state index is 0.205. The summed E-state index contributed by atoms with van der Waals surface area (Å²) in [7, 11) is 1.07. The van der Waals surface area contributed by atoms with Gasteiger partial charge in [-0.1, -0.05) is 0 Å². The molecule has 0 unspecified atom stereocenters. The first kappa shape index (κ1) is 17.9. The van der Waals surface area contributed by atoms with Crippen molar-refractivity contribution in [3.05, 3.63) is 21.8 Å². The highest BCUT2D eigenvalue weighted by Gasteiger charge is 2.39. The van der Waals surface area contributed by atoms with Crippen LogP contribution in [0.1, 0.15) is 28.9 Å². The second kappa shape index (κ2) is 6.21. The molecule has 0 aromatic carbocycles. The van der Waals surface area contributed by atoms with Gasteiger partial charge < -0.3 is 9.64 Å². The summed E-state index contributed by atoms with van der Waals surface area (Å²) in [5, 5.41) is 0. The highest BCUT2D eigenvalue weighted by molar-refractivity contribution is 9.10. The van der Waals surface area contributed by atoms with E-state index in [9.17, 15) is 26.7 Å². The van der Waals surface area contributed by atoms with Gasteiger partial charge in [-0.15, -0.1) is 0 Å². The Bertz CT molecular complexity index is 611. The van der Waals surface area contributed by atoms with Gasteiger partial charge in [0, 0.05) is 30.4 Å². The van der Waals surface area contributed by atoms with E-state index in [2.05, 4.69) is 25.7 Å². The van der Waals surface area contributed by atoms with Crippen molar-refractivity contribution < 1.29 is 31.5 Å². The van der Waals surface area contributed by atoms with Crippen LogP contribution in [0.4, 0.5) is 27.8 Å². The Labute approximate surface area is 136 Å². The summed E-state index contributed by atoms with van der Waals surface area (Å²) >= 11 is 2.73. The predicted octanol–water partition coefficient (Wildman–Crippen LogP) is 3.89. The second-order valence-electron chi connectivity index (χ2n) is 5.02. The lowest BCUT2D eigenvalue weighted by Crippen LogP contribution is -2.40. The molecule has 0 bridgehead atoms. The zero-order valence-corrected chi connectivity index (χ0v) is 13.5. The van der Waals surface area contributed by atoms with E-state index in [0.717, 1.165) is 13.2 Å². The van der Waals surface area contributed by atoms with Crippen molar-refractivity contribution in [2.45, 2.75) is 24.9 Å². The fourth-order valence-electron chi connectivity index (χ4n) is 2.22. The average Bonchev–Trinajstić information content (AvgIpc) is 2.45. The molecule has 0 amide bonds. The third-order valence-electron chi connectivity index (χ3n) is 3.42. The van der Waals surface area contributed by atoms with E-state index >= 15 is 0 Å². The van der Waals surface area contributed by atoms with E-state index in [1.54, 1.807) is 0 Å². The average molecular weight is 403 g/mol. The van der Waals surface area contributed by atoms with Crippen molar-refractivity contribution in [1.29, 1.82) is 0 Å². The molecule has 0 radical (unpaired) electrons. The molecule has 23 heavy (non-hydrogen) atoms. The number of anilines is 1. The SMILES string of the molecule is COC(=O)c1cc(Br)c(C(F)(F)F)nc1N1CCC(F)(F)CC1. The van der Waals surface area contributed by atoms with Crippen LogP contribution in [0.3, 0.4) is 0 Å². The summed E-state index contributed by atoms with van der Waals surface area (Å²) in [6, 6.07) is 0.948.